The molecule has 0 aliphatic rings. The number of nitrogens with two attached hydrogens (primary N) is 1. The van der Waals surface area contributed by atoms with Crippen molar-refractivity contribution in [2.45, 2.75) is 6.92 Å². The zero-order valence-corrected chi connectivity index (χ0v) is 10.8. The summed E-state index contributed by atoms with van der Waals surface area (Å²) in [5, 5.41) is 4.40. The van der Waals surface area contributed by atoms with E-state index in [0.717, 1.165) is 22.6 Å². The van der Waals surface area contributed by atoms with Crippen molar-refractivity contribution in [3.05, 3.63) is 33.4 Å². The Labute approximate surface area is 102 Å². The molecule has 0 saturated carbocycles. The van der Waals surface area contributed by atoms with Gasteiger partial charge in [0.05, 0.1) is 5.69 Å². The molecular weight excluding hydrogens is 301 g/mol. The molecule has 0 saturated heterocycles. The Morgan fingerprint density at radius 2 is 1.87 bits per heavy atom. The Balaban J connectivity index is 2.54. The van der Waals surface area contributed by atoms with Crippen LogP contribution in [0.3, 0.4) is 0 Å². The summed E-state index contributed by atoms with van der Waals surface area (Å²) in [5.74, 6) is 0.726. The van der Waals surface area contributed by atoms with E-state index in [9.17, 15) is 0 Å². The van der Waals surface area contributed by atoms with Gasteiger partial charge in [0.2, 0.25) is 0 Å². The van der Waals surface area contributed by atoms with Gasteiger partial charge in [-0.3, -0.25) is 4.68 Å². The molecule has 0 spiro atoms. The molecule has 15 heavy (non-hydrogen) atoms. The van der Waals surface area contributed by atoms with Crippen molar-refractivity contribution in [3.63, 3.8) is 0 Å². The van der Waals surface area contributed by atoms with Gasteiger partial charge in [-0.25, -0.2) is 0 Å². The van der Waals surface area contributed by atoms with Crippen LogP contribution in [0.15, 0.2) is 24.3 Å². The first kappa shape index (κ1) is 10.5. The Kier molecular flexibility index (Phi) is 2.68. The molecule has 78 valence electrons. The van der Waals surface area contributed by atoms with Crippen LogP contribution in [0.1, 0.15) is 5.56 Å². The molecule has 0 radical (unpaired) electrons. The lowest BCUT2D eigenvalue weighted by molar-refractivity contribution is 0.782. The number of nitrogen functional groups attached to an aromatic ring is 1. The summed E-state index contributed by atoms with van der Waals surface area (Å²) >= 11 is 2.29. The average molecular weight is 313 g/mol. The molecule has 0 bridgehead atoms. The van der Waals surface area contributed by atoms with Crippen molar-refractivity contribution in [1.29, 1.82) is 0 Å². The molecule has 4 heteroatoms. The smallest absolute Gasteiger partial charge is 0.124 e. The predicted molar refractivity (Wildman–Crippen MR) is 70.5 cm³/mol. The molecule has 2 N–H and O–H groups in total. The monoisotopic (exact) mass is 313 g/mol. The van der Waals surface area contributed by atoms with Crippen LogP contribution in [-0.4, -0.2) is 9.78 Å². The summed E-state index contributed by atoms with van der Waals surface area (Å²) in [6.45, 7) is 2.00. The zero-order chi connectivity index (χ0) is 11.0. The lowest BCUT2D eigenvalue weighted by Crippen LogP contribution is -1.97. The fraction of sp³-hybridized carbons (Fsp3) is 0.182. The number of aryl methyl sites for hydroxylation is 1. The highest BCUT2D eigenvalue weighted by Gasteiger charge is 2.10. The van der Waals surface area contributed by atoms with Crippen LogP contribution in [0.2, 0.25) is 0 Å². The maximum atomic E-state index is 5.87. The van der Waals surface area contributed by atoms with Gasteiger partial charge in [0.15, 0.2) is 0 Å². The standard InChI is InChI=1S/C11H12IN3/c1-7-10(14-15(2)11(7)13)8-3-5-9(12)6-4-8/h3-6H,13H2,1-2H3. The van der Waals surface area contributed by atoms with Crippen LogP contribution in [0.5, 0.6) is 0 Å². The summed E-state index contributed by atoms with van der Waals surface area (Å²) < 4.78 is 2.93. The van der Waals surface area contributed by atoms with Gasteiger partial charge in [-0.2, -0.15) is 5.10 Å². The SMILES string of the molecule is Cc1c(-c2ccc(I)cc2)nn(C)c1N. The first-order valence-electron chi connectivity index (χ1n) is 4.64. The lowest BCUT2D eigenvalue weighted by atomic mass is 10.1. The molecule has 0 atom stereocenters. The Morgan fingerprint density at radius 1 is 1.27 bits per heavy atom. The average Bonchev–Trinajstić information content (AvgIpc) is 2.47. The molecule has 1 aromatic heterocycles. The van der Waals surface area contributed by atoms with Gasteiger partial charge >= 0.3 is 0 Å². The van der Waals surface area contributed by atoms with Crippen molar-refractivity contribution < 1.29 is 0 Å². The number of anilines is 1. The second kappa shape index (κ2) is 3.84. The number of hydrogen-bond acceptors (Lipinski definition) is 2. The van der Waals surface area contributed by atoms with E-state index in [0.29, 0.717) is 0 Å². The number of aromatic nitrogens is 2. The van der Waals surface area contributed by atoms with Crippen LogP contribution in [0, 0.1) is 10.5 Å². The first-order valence-corrected chi connectivity index (χ1v) is 5.72. The molecule has 2 aromatic rings. The largest absolute Gasteiger partial charge is 0.384 e. The van der Waals surface area contributed by atoms with Gasteiger partial charge in [0.25, 0.3) is 0 Å². The van der Waals surface area contributed by atoms with Crippen LogP contribution in [0.25, 0.3) is 11.3 Å². The van der Waals surface area contributed by atoms with Gasteiger partial charge in [0, 0.05) is 21.7 Å². The number of nitrogens with zero attached hydrogens (tertiary/aromatic N) is 2. The second-order valence-electron chi connectivity index (χ2n) is 3.49. The number of benzene rings is 1. The minimum absolute atomic E-state index is 0.726. The Bertz CT molecular complexity index is 485. The third kappa shape index (κ3) is 1.86. The van der Waals surface area contributed by atoms with Gasteiger partial charge in [-0.15, -0.1) is 0 Å². The Hall–Kier alpha value is -1.04. The predicted octanol–water partition coefficient (Wildman–Crippen LogP) is 2.58. The van der Waals surface area contributed by atoms with E-state index >= 15 is 0 Å². The minimum Gasteiger partial charge on any atom is -0.384 e. The molecule has 1 aromatic carbocycles. The van der Waals surface area contributed by atoms with E-state index in [1.54, 1.807) is 4.68 Å². The topological polar surface area (TPSA) is 43.8 Å². The normalized spacial score (nSPS) is 10.6. The molecule has 0 aliphatic heterocycles. The quantitative estimate of drug-likeness (QED) is 0.823. The maximum absolute atomic E-state index is 5.87. The van der Waals surface area contributed by atoms with Crippen LogP contribution in [-0.2, 0) is 7.05 Å². The van der Waals surface area contributed by atoms with E-state index in [1.807, 2.05) is 14.0 Å². The highest BCUT2D eigenvalue weighted by molar-refractivity contribution is 14.1. The molecule has 0 unspecified atom stereocenters. The minimum atomic E-state index is 0.726. The van der Waals surface area contributed by atoms with Crippen molar-refractivity contribution in [2.24, 2.45) is 7.05 Å². The molecule has 1 heterocycles. The summed E-state index contributed by atoms with van der Waals surface area (Å²) in [5.41, 5.74) is 8.98. The second-order valence-corrected chi connectivity index (χ2v) is 4.73. The van der Waals surface area contributed by atoms with E-state index in [2.05, 4.69) is 52.0 Å². The summed E-state index contributed by atoms with van der Waals surface area (Å²) in [6, 6.07) is 8.27. The fourth-order valence-electron chi connectivity index (χ4n) is 1.52. The van der Waals surface area contributed by atoms with Gasteiger partial charge in [-0.05, 0) is 41.6 Å². The van der Waals surface area contributed by atoms with Crippen molar-refractivity contribution in [3.8, 4) is 11.3 Å². The molecule has 0 aliphatic carbocycles. The maximum Gasteiger partial charge on any atom is 0.124 e. The molecule has 0 amide bonds. The molecular formula is C11H12IN3. The van der Waals surface area contributed by atoms with E-state index < -0.39 is 0 Å². The Morgan fingerprint density at radius 3 is 2.33 bits per heavy atom. The van der Waals surface area contributed by atoms with Crippen LogP contribution < -0.4 is 5.73 Å². The summed E-state index contributed by atoms with van der Waals surface area (Å²) in [4.78, 5) is 0. The number of hydrogen-bond donors (Lipinski definition) is 1. The van der Waals surface area contributed by atoms with Gasteiger partial charge in [-0.1, -0.05) is 12.1 Å². The summed E-state index contributed by atoms with van der Waals surface area (Å²) in [6.07, 6.45) is 0. The van der Waals surface area contributed by atoms with Crippen LogP contribution >= 0.6 is 22.6 Å². The third-order valence-electron chi connectivity index (χ3n) is 2.46. The summed E-state index contributed by atoms with van der Waals surface area (Å²) in [7, 11) is 1.86. The van der Waals surface area contributed by atoms with Crippen molar-refractivity contribution in [1.82, 2.24) is 9.78 Å². The molecule has 3 nitrogen and oxygen atoms in total. The van der Waals surface area contributed by atoms with Gasteiger partial charge < -0.3 is 5.73 Å². The van der Waals surface area contributed by atoms with Crippen molar-refractivity contribution >= 4 is 28.4 Å². The van der Waals surface area contributed by atoms with E-state index in [4.69, 9.17) is 5.73 Å². The van der Waals surface area contributed by atoms with Crippen LogP contribution in [0.4, 0.5) is 5.82 Å². The van der Waals surface area contributed by atoms with E-state index in [-0.39, 0.29) is 0 Å². The highest BCUT2D eigenvalue weighted by Crippen LogP contribution is 2.25. The molecule has 2 rings (SSSR count). The highest BCUT2D eigenvalue weighted by atomic mass is 127. The van der Waals surface area contributed by atoms with Crippen molar-refractivity contribution in [2.75, 3.05) is 5.73 Å². The number of halogens is 1. The number of rotatable bonds is 1. The first-order chi connectivity index (χ1) is 7.09. The van der Waals surface area contributed by atoms with E-state index in [1.165, 1.54) is 3.57 Å². The zero-order valence-electron chi connectivity index (χ0n) is 8.66. The van der Waals surface area contributed by atoms with Gasteiger partial charge in [0.1, 0.15) is 5.82 Å². The lowest BCUT2D eigenvalue weighted by Gasteiger charge is -1.98. The fourth-order valence-corrected chi connectivity index (χ4v) is 1.88. The third-order valence-corrected chi connectivity index (χ3v) is 3.17. The molecule has 0 fully saturated rings.